The molecule has 0 aliphatic carbocycles. The van der Waals surface area contributed by atoms with Crippen molar-refractivity contribution in [1.82, 2.24) is 9.97 Å². The van der Waals surface area contributed by atoms with E-state index in [9.17, 15) is 24.5 Å². The van der Waals surface area contributed by atoms with E-state index < -0.39 is 21.9 Å². The predicted octanol–water partition coefficient (Wildman–Crippen LogP) is 3.07. The highest BCUT2D eigenvalue weighted by molar-refractivity contribution is 5.90. The smallest absolute Gasteiger partial charge is 0.357 e. The van der Waals surface area contributed by atoms with Crippen molar-refractivity contribution in [2.45, 2.75) is 6.92 Å². The highest BCUT2D eigenvalue weighted by Crippen LogP contribution is 2.15. The lowest BCUT2D eigenvalue weighted by atomic mass is 10.1. The largest absolute Gasteiger partial charge is 0.462 e. The molecule has 0 atom stereocenters. The van der Waals surface area contributed by atoms with Crippen LogP contribution in [0.25, 0.3) is 12.2 Å². The van der Waals surface area contributed by atoms with Crippen LogP contribution >= 0.6 is 0 Å². The number of nitrogens with zero attached hydrogens (tertiary/aromatic N) is 2. The van der Waals surface area contributed by atoms with Gasteiger partial charge in [-0.3, -0.25) is 24.9 Å². The predicted molar refractivity (Wildman–Crippen MR) is 119 cm³/mol. The molecule has 2 N–H and O–H groups in total. The summed E-state index contributed by atoms with van der Waals surface area (Å²) in [6.07, 6.45) is 4.47. The highest BCUT2D eigenvalue weighted by atomic mass is 16.6. The zero-order valence-corrected chi connectivity index (χ0v) is 16.9. The summed E-state index contributed by atoms with van der Waals surface area (Å²) in [6, 6.07) is 13.7. The average molecular weight is 434 g/mol. The van der Waals surface area contributed by atoms with E-state index in [1.54, 1.807) is 61.7 Å². The van der Waals surface area contributed by atoms with Gasteiger partial charge in [0.15, 0.2) is 0 Å². The second-order valence-electron chi connectivity index (χ2n) is 6.45. The number of H-pyrrole nitrogens is 2. The first-order chi connectivity index (χ1) is 15.4. The van der Waals surface area contributed by atoms with Crippen molar-refractivity contribution < 1.29 is 14.5 Å². The van der Waals surface area contributed by atoms with Crippen LogP contribution in [0.15, 0.2) is 63.1 Å². The number of nitro groups is 1. The van der Waals surface area contributed by atoms with Crippen LogP contribution in [-0.4, -0.2) is 33.7 Å². The van der Waals surface area contributed by atoms with E-state index in [0.29, 0.717) is 23.4 Å². The number of hydrogen-bond donors (Lipinski definition) is 2. The highest BCUT2D eigenvalue weighted by Gasteiger charge is 2.18. The maximum Gasteiger partial charge on any atom is 0.357 e. The SMILES string of the molecule is CCOC(=O)c1ccc(N=Cc2ccc(/C=C/c3[nH]c(=O)[nH]c(=O)c3[N+](=O)[O-])cc2)cc1. The molecule has 3 rings (SSSR count). The van der Waals surface area contributed by atoms with Gasteiger partial charge in [-0.05, 0) is 48.4 Å². The average Bonchev–Trinajstić information content (AvgIpc) is 2.76. The van der Waals surface area contributed by atoms with Crippen LogP contribution in [0.1, 0.15) is 34.1 Å². The van der Waals surface area contributed by atoms with Gasteiger partial charge < -0.3 is 9.72 Å². The quantitative estimate of drug-likeness (QED) is 0.253. The van der Waals surface area contributed by atoms with Gasteiger partial charge in [0.2, 0.25) is 0 Å². The summed E-state index contributed by atoms with van der Waals surface area (Å²) in [5.74, 6) is -0.388. The van der Waals surface area contributed by atoms with Crippen molar-refractivity contribution in [1.29, 1.82) is 0 Å². The summed E-state index contributed by atoms with van der Waals surface area (Å²) in [5, 5.41) is 11.1. The zero-order chi connectivity index (χ0) is 23.1. The standard InChI is InChI=1S/C22H18N4O6/c1-2-32-21(28)16-8-10-17(11-9-16)23-13-15-5-3-14(4-6-15)7-12-18-19(26(30)31)20(27)25-22(29)24-18/h3-13H,2H2,1H3,(H2,24,25,27,29)/b12-7+,23-13?. The summed E-state index contributed by atoms with van der Waals surface area (Å²) >= 11 is 0. The van der Waals surface area contributed by atoms with Crippen molar-refractivity contribution in [3.63, 3.8) is 0 Å². The van der Waals surface area contributed by atoms with Gasteiger partial charge in [0.05, 0.1) is 22.8 Å². The normalized spacial score (nSPS) is 11.2. The van der Waals surface area contributed by atoms with Crippen LogP contribution in [0.2, 0.25) is 0 Å². The molecule has 0 unspecified atom stereocenters. The minimum Gasteiger partial charge on any atom is -0.462 e. The molecule has 0 saturated heterocycles. The molecule has 1 aromatic heterocycles. The van der Waals surface area contributed by atoms with E-state index in [1.807, 2.05) is 4.98 Å². The van der Waals surface area contributed by atoms with E-state index in [4.69, 9.17) is 4.74 Å². The van der Waals surface area contributed by atoms with Gasteiger partial charge in [-0.1, -0.05) is 30.3 Å². The maximum atomic E-state index is 11.7. The monoisotopic (exact) mass is 434 g/mol. The van der Waals surface area contributed by atoms with Crippen LogP contribution < -0.4 is 11.2 Å². The van der Waals surface area contributed by atoms with Gasteiger partial charge in [0.25, 0.3) is 0 Å². The number of aromatic nitrogens is 2. The molecule has 0 aliphatic rings. The van der Waals surface area contributed by atoms with Crippen LogP contribution in [0.5, 0.6) is 0 Å². The molecule has 10 heteroatoms. The molecule has 10 nitrogen and oxygen atoms in total. The Hall–Kier alpha value is -4.60. The van der Waals surface area contributed by atoms with Gasteiger partial charge >= 0.3 is 22.9 Å². The number of hydrogen-bond acceptors (Lipinski definition) is 7. The second kappa shape index (κ2) is 9.94. The first-order valence-corrected chi connectivity index (χ1v) is 9.47. The molecular weight excluding hydrogens is 416 g/mol. The number of carbonyl (C=O) groups excluding carboxylic acids is 1. The third kappa shape index (κ3) is 5.51. The fourth-order valence-corrected chi connectivity index (χ4v) is 2.72. The number of aromatic amines is 2. The van der Waals surface area contributed by atoms with Crippen molar-refractivity contribution in [2.24, 2.45) is 4.99 Å². The molecule has 162 valence electrons. The Morgan fingerprint density at radius 3 is 2.31 bits per heavy atom. The van der Waals surface area contributed by atoms with Crippen LogP contribution in [-0.2, 0) is 4.74 Å². The van der Waals surface area contributed by atoms with Gasteiger partial charge in [-0.2, -0.15) is 0 Å². The zero-order valence-electron chi connectivity index (χ0n) is 16.9. The van der Waals surface area contributed by atoms with Crippen molar-refractivity contribution in [3.05, 3.63) is 102 Å². The number of aliphatic imine (C=N–C) groups is 1. The van der Waals surface area contributed by atoms with Gasteiger partial charge in [-0.15, -0.1) is 0 Å². The molecule has 0 saturated carbocycles. The molecule has 3 aromatic rings. The fourth-order valence-electron chi connectivity index (χ4n) is 2.72. The van der Waals surface area contributed by atoms with E-state index in [0.717, 1.165) is 5.56 Å². The maximum absolute atomic E-state index is 11.7. The number of esters is 1. The van der Waals surface area contributed by atoms with E-state index in [-0.39, 0.29) is 11.7 Å². The molecule has 0 radical (unpaired) electrons. The molecule has 32 heavy (non-hydrogen) atoms. The third-order valence-corrected chi connectivity index (χ3v) is 4.25. The third-order valence-electron chi connectivity index (χ3n) is 4.25. The lowest BCUT2D eigenvalue weighted by molar-refractivity contribution is -0.386. The van der Waals surface area contributed by atoms with Crippen molar-refractivity contribution in [3.8, 4) is 0 Å². The number of rotatable bonds is 7. The molecule has 1 heterocycles. The molecular formula is C22H18N4O6. The first kappa shape index (κ1) is 22.1. The Bertz CT molecular complexity index is 1300. The number of carbonyl (C=O) groups is 1. The summed E-state index contributed by atoms with van der Waals surface area (Å²) in [6.45, 7) is 2.05. The minimum atomic E-state index is -1.07. The Morgan fingerprint density at radius 1 is 1.03 bits per heavy atom. The van der Waals surface area contributed by atoms with Crippen molar-refractivity contribution in [2.75, 3.05) is 6.61 Å². The topological polar surface area (TPSA) is 148 Å². The molecule has 0 spiro atoms. The van der Waals surface area contributed by atoms with Gasteiger partial charge in [-0.25, -0.2) is 9.59 Å². The number of nitrogens with one attached hydrogen (secondary N) is 2. The summed E-state index contributed by atoms with van der Waals surface area (Å²) in [7, 11) is 0. The fraction of sp³-hybridized carbons (Fsp3) is 0.0909. The minimum absolute atomic E-state index is 0.194. The Balaban J connectivity index is 1.72. The number of ether oxygens (including phenoxy) is 1. The summed E-state index contributed by atoms with van der Waals surface area (Å²) in [4.78, 5) is 53.4. The summed E-state index contributed by atoms with van der Waals surface area (Å²) < 4.78 is 4.94. The molecule has 0 fully saturated rings. The second-order valence-corrected chi connectivity index (χ2v) is 6.45. The van der Waals surface area contributed by atoms with Gasteiger partial charge in [0, 0.05) is 6.21 Å². The Labute approximate surface area is 181 Å². The molecule has 0 aliphatic heterocycles. The van der Waals surface area contributed by atoms with E-state index >= 15 is 0 Å². The molecule has 0 amide bonds. The summed E-state index contributed by atoms with van der Waals surface area (Å²) in [5.41, 5.74) is -0.235. The first-order valence-electron chi connectivity index (χ1n) is 9.47. The van der Waals surface area contributed by atoms with Crippen LogP contribution in [0.3, 0.4) is 0 Å². The lowest BCUT2D eigenvalue weighted by Crippen LogP contribution is -2.25. The van der Waals surface area contributed by atoms with Gasteiger partial charge in [0.1, 0.15) is 5.69 Å². The van der Waals surface area contributed by atoms with Crippen LogP contribution in [0.4, 0.5) is 11.4 Å². The van der Waals surface area contributed by atoms with Crippen LogP contribution in [0, 0.1) is 10.1 Å². The Morgan fingerprint density at radius 2 is 1.69 bits per heavy atom. The lowest BCUT2D eigenvalue weighted by Gasteiger charge is -2.01. The van der Waals surface area contributed by atoms with E-state index in [1.165, 1.54) is 12.2 Å². The number of benzene rings is 2. The van der Waals surface area contributed by atoms with Crippen molar-refractivity contribution >= 4 is 35.7 Å². The Kier molecular flexibility index (Phi) is 6.86. The molecule has 0 bridgehead atoms. The van der Waals surface area contributed by atoms with E-state index in [2.05, 4.69) is 9.98 Å². The molecule has 2 aromatic carbocycles.